The van der Waals surface area contributed by atoms with Crippen molar-refractivity contribution < 1.29 is 13.3 Å². The minimum absolute atomic E-state index is 0.0102. The molecule has 4 aliphatic rings. The zero-order valence-corrected chi connectivity index (χ0v) is 76.7. The first-order valence-corrected chi connectivity index (χ1v) is 48.3. The highest BCUT2D eigenvalue weighted by molar-refractivity contribution is 6.39. The standard InChI is InChI=1S/3C33H21NO.C31H21N/c1-33(2)25-12-6-3-9-18(25)21-17-28-24(16-26(21)33)30-31-22(19-10-4-7-13-27(19)34(28)31)15-23-20-11-5-8-14-29(20)35-32(23)30;1-33(2)24-12-6-3-9-18(24)21-16-27-23(15-25(21)33)31-30-20-11-5-8-14-28(20)35-29(30)17-22-19-10-4-7-13-26(19)34(27)32(22)31;1-33(2)24-12-6-3-9-18(24)21-16-27-22(15-25(21)33)23-17-29-30(20-11-5-8-14-28(20)35-29)31-19-10-4-7-13-26(19)34(27)32(23)31;1-31(2)25-13-7-5-11-20(25)22-17-28-23(16-26(22)31)24-15-18-9-3-4-10-19(18)29-21-12-6-8-14-27(21)32(28)30(24)29/h3*3-17H,1-2H3;3-17H,1-2H3. The lowest BCUT2D eigenvalue weighted by Crippen LogP contribution is -2.14. The number of benzene rings is 20. The van der Waals surface area contributed by atoms with E-state index in [9.17, 15) is 0 Å². The quantitative estimate of drug-likeness (QED) is 0.152. The number of hydrogen-bond donors (Lipinski definition) is 0. The molecular formula is C130H84N4O3. The SMILES string of the molecule is CC1(C)c2ccccc2-c2cc3c(cc21)c1c2c(cc4c5ccccc5n3c41)oc1ccccc12.CC1(C)c2ccccc2-c2cc3c(cc21)c1c2oc4ccccc4c2cc2c4ccccc4n3c21.CC1(C)c2ccccc2-c2cc3c(cc21)c1cc2ccccc2c2c4ccccc4n3c12.CC1(C)c2ccccc2-c2cc3c(cc21)c1cc2oc4ccccc4c2c2c4ccccc4n3c12. The number of rotatable bonds is 0. The Kier molecular flexibility index (Phi) is 13.9. The van der Waals surface area contributed by atoms with E-state index >= 15 is 0 Å². The summed E-state index contributed by atoms with van der Waals surface area (Å²) < 4.78 is 29.4. The summed E-state index contributed by atoms with van der Waals surface area (Å²) >= 11 is 0. The molecule has 0 saturated carbocycles. The Bertz CT molecular complexity index is 10900. The second kappa shape index (κ2) is 25.4. The third-order valence-electron chi connectivity index (χ3n) is 33.4. The van der Waals surface area contributed by atoms with Gasteiger partial charge >= 0.3 is 0 Å². The largest absolute Gasteiger partial charge is 0.456 e. The summed E-state index contributed by atoms with van der Waals surface area (Å²) in [5.41, 5.74) is 43.3. The molecule has 0 N–H and O–H groups in total. The van der Waals surface area contributed by atoms with Crippen LogP contribution in [-0.2, 0) is 21.7 Å². The molecule has 7 heteroatoms. The molecule has 0 amide bonds. The molecule has 35 rings (SSSR count). The van der Waals surface area contributed by atoms with Crippen molar-refractivity contribution in [2.75, 3.05) is 0 Å². The zero-order valence-electron chi connectivity index (χ0n) is 76.7. The molecule has 0 radical (unpaired) electrons. The summed E-state index contributed by atoms with van der Waals surface area (Å²) in [4.78, 5) is 0. The van der Waals surface area contributed by atoms with Gasteiger partial charge < -0.3 is 30.9 Å². The van der Waals surface area contributed by atoms with Crippen LogP contribution in [0, 0.1) is 0 Å². The van der Waals surface area contributed by atoms with Gasteiger partial charge in [0.05, 0.1) is 71.6 Å². The maximum atomic E-state index is 6.59. The number of hydrogen-bond acceptors (Lipinski definition) is 3. The van der Waals surface area contributed by atoms with Crippen molar-refractivity contribution in [3.05, 3.63) is 408 Å². The Balaban J connectivity index is 0.0000000833. The highest BCUT2D eigenvalue weighted by Crippen LogP contribution is 2.60. The van der Waals surface area contributed by atoms with Gasteiger partial charge in [0.15, 0.2) is 0 Å². The van der Waals surface area contributed by atoms with Crippen molar-refractivity contribution in [3.8, 4) is 44.5 Å². The van der Waals surface area contributed by atoms with E-state index in [-0.39, 0.29) is 21.7 Å². The minimum Gasteiger partial charge on any atom is -0.456 e. The highest BCUT2D eigenvalue weighted by Gasteiger charge is 2.42. The first kappa shape index (κ1) is 74.8. The van der Waals surface area contributed by atoms with Gasteiger partial charge in [0, 0.05) is 135 Å². The van der Waals surface area contributed by atoms with E-state index in [4.69, 9.17) is 13.3 Å². The maximum Gasteiger partial charge on any atom is 0.145 e. The predicted molar refractivity (Wildman–Crippen MR) is 574 cm³/mol. The normalized spacial score (nSPS) is 14.8. The van der Waals surface area contributed by atoms with Gasteiger partial charge in [-0.25, -0.2) is 0 Å². The van der Waals surface area contributed by atoms with Gasteiger partial charge in [-0.15, -0.1) is 0 Å². The molecule has 0 bridgehead atoms. The van der Waals surface area contributed by atoms with E-state index < -0.39 is 0 Å². The molecule has 642 valence electrons. The lowest BCUT2D eigenvalue weighted by Gasteiger charge is -2.21. The molecule has 31 aromatic rings. The predicted octanol–water partition coefficient (Wildman–Crippen LogP) is 35.4. The minimum atomic E-state index is -0.0405. The molecule has 137 heavy (non-hydrogen) atoms. The van der Waals surface area contributed by atoms with Crippen LogP contribution >= 0.6 is 0 Å². The van der Waals surface area contributed by atoms with Crippen LogP contribution in [0.2, 0.25) is 0 Å². The van der Waals surface area contributed by atoms with Crippen molar-refractivity contribution in [3.63, 3.8) is 0 Å². The summed E-state index contributed by atoms with van der Waals surface area (Å²) in [5.74, 6) is 0. The molecule has 0 unspecified atom stereocenters. The molecule has 11 aromatic heterocycles. The van der Waals surface area contributed by atoms with E-state index in [1.54, 1.807) is 0 Å². The molecule has 4 aliphatic carbocycles. The second-order valence-electron chi connectivity index (χ2n) is 41.5. The van der Waals surface area contributed by atoms with Crippen LogP contribution in [0.5, 0.6) is 0 Å². The first-order valence-electron chi connectivity index (χ1n) is 48.3. The van der Waals surface area contributed by atoms with Crippen LogP contribution in [-0.4, -0.2) is 17.6 Å². The molecule has 7 nitrogen and oxygen atoms in total. The average Bonchev–Trinajstić information content (AvgIpc) is 1.30. The Morgan fingerprint density at radius 2 is 0.453 bits per heavy atom. The van der Waals surface area contributed by atoms with Crippen LogP contribution in [0.4, 0.5) is 0 Å². The van der Waals surface area contributed by atoms with Crippen molar-refractivity contribution in [1.82, 2.24) is 17.6 Å². The summed E-state index contributed by atoms with van der Waals surface area (Å²) in [6, 6.07) is 134. The fraction of sp³-hybridized carbons (Fsp3) is 0.0923. The summed E-state index contributed by atoms with van der Waals surface area (Å²) in [6.07, 6.45) is 0. The van der Waals surface area contributed by atoms with Crippen molar-refractivity contribution in [2.45, 2.75) is 77.0 Å². The molecule has 0 atom stereocenters. The summed E-state index contributed by atoms with van der Waals surface area (Å²) in [7, 11) is 0. The van der Waals surface area contributed by atoms with Crippen molar-refractivity contribution >= 4 is 229 Å². The Morgan fingerprint density at radius 3 is 0.898 bits per heavy atom. The van der Waals surface area contributed by atoms with E-state index in [1.807, 2.05) is 0 Å². The first-order chi connectivity index (χ1) is 67.0. The molecule has 0 spiro atoms. The maximum absolute atomic E-state index is 6.59. The van der Waals surface area contributed by atoms with Crippen molar-refractivity contribution in [1.29, 1.82) is 0 Å². The van der Waals surface area contributed by atoms with Gasteiger partial charge in [-0.2, -0.15) is 0 Å². The molecule has 20 aromatic carbocycles. The van der Waals surface area contributed by atoms with Gasteiger partial charge in [-0.05, 0) is 215 Å². The van der Waals surface area contributed by atoms with Gasteiger partial charge in [0.2, 0.25) is 0 Å². The number of furan rings is 3. The van der Waals surface area contributed by atoms with E-state index in [0.717, 1.165) is 33.5 Å². The number of aromatic nitrogens is 4. The van der Waals surface area contributed by atoms with Crippen LogP contribution in [0.25, 0.3) is 273 Å². The topological polar surface area (TPSA) is 57.1 Å². The lowest BCUT2D eigenvalue weighted by molar-refractivity contribution is 0.661. The Morgan fingerprint density at radius 1 is 0.161 bits per heavy atom. The van der Waals surface area contributed by atoms with E-state index in [0.29, 0.717) is 0 Å². The third-order valence-corrected chi connectivity index (χ3v) is 33.4. The molecule has 0 saturated heterocycles. The lowest BCUT2D eigenvalue weighted by atomic mass is 9.82. The molecular weight excluding hydrogens is 1670 g/mol. The van der Waals surface area contributed by atoms with Crippen LogP contribution in [0.15, 0.2) is 377 Å². The third kappa shape index (κ3) is 9.15. The van der Waals surface area contributed by atoms with Crippen LogP contribution < -0.4 is 0 Å². The van der Waals surface area contributed by atoms with Crippen LogP contribution in [0.1, 0.15) is 99.9 Å². The Hall–Kier alpha value is -16.7. The number of para-hydroxylation sites is 7. The fourth-order valence-corrected chi connectivity index (χ4v) is 27.3. The molecule has 0 fully saturated rings. The van der Waals surface area contributed by atoms with Gasteiger partial charge in [-0.1, -0.05) is 304 Å². The van der Waals surface area contributed by atoms with Crippen molar-refractivity contribution in [2.24, 2.45) is 0 Å². The summed E-state index contributed by atoms with van der Waals surface area (Å²) in [6.45, 7) is 18.9. The molecule has 0 aliphatic heterocycles. The average molecular weight is 1750 g/mol. The zero-order chi connectivity index (χ0) is 90.3. The van der Waals surface area contributed by atoms with Gasteiger partial charge in [-0.3, -0.25) is 0 Å². The number of nitrogens with zero attached hydrogens (tertiary/aromatic N) is 4. The monoisotopic (exact) mass is 1750 g/mol. The van der Waals surface area contributed by atoms with Gasteiger partial charge in [0.1, 0.15) is 33.5 Å². The highest BCUT2D eigenvalue weighted by atomic mass is 16.3. The fourth-order valence-electron chi connectivity index (χ4n) is 27.3. The van der Waals surface area contributed by atoms with Gasteiger partial charge in [0.25, 0.3) is 0 Å². The van der Waals surface area contributed by atoms with Crippen LogP contribution in [0.3, 0.4) is 0 Å². The summed E-state index contributed by atoms with van der Waals surface area (Å²) in [5, 5.41) is 30.7. The smallest absolute Gasteiger partial charge is 0.145 e. The van der Waals surface area contributed by atoms with E-state index in [2.05, 4.69) is 437 Å². The Labute approximate surface area is 784 Å². The second-order valence-corrected chi connectivity index (χ2v) is 41.5. The van der Waals surface area contributed by atoms with E-state index in [1.165, 1.54) is 284 Å². The number of fused-ring (bicyclic) bond motifs is 50. The molecule has 11 heterocycles.